The zero-order chi connectivity index (χ0) is 18.4. The number of carbonyl (C=O) groups excluding carboxylic acids is 3. The fourth-order valence-corrected chi connectivity index (χ4v) is 2.52. The highest BCUT2D eigenvalue weighted by Gasteiger charge is 2.37. The third-order valence-corrected chi connectivity index (χ3v) is 3.88. The minimum Gasteiger partial charge on any atom is -0.355 e. The Kier molecular flexibility index (Phi) is 6.46. The largest absolute Gasteiger partial charge is 0.355 e. The molecule has 1 atom stereocenters. The van der Waals surface area contributed by atoms with Gasteiger partial charge < -0.3 is 15.5 Å². The summed E-state index contributed by atoms with van der Waals surface area (Å²) in [5, 5.41) is 5.34. The molecular weight excluding hydrogens is 327 g/mol. The minimum atomic E-state index is -0.722. The highest BCUT2D eigenvalue weighted by Crippen LogP contribution is 2.15. The summed E-state index contributed by atoms with van der Waals surface area (Å²) in [6.45, 7) is 1.27. The average molecular weight is 350 g/mol. The fraction of sp³-hybridized carbons (Fsp3) is 0.471. The van der Waals surface area contributed by atoms with E-state index < -0.39 is 23.8 Å². The molecule has 0 aliphatic carbocycles. The second-order valence-corrected chi connectivity index (χ2v) is 6.25. The summed E-state index contributed by atoms with van der Waals surface area (Å²) in [4.78, 5) is 39.1. The molecule has 2 rings (SSSR count). The summed E-state index contributed by atoms with van der Waals surface area (Å²) < 4.78 is 13.2. The van der Waals surface area contributed by atoms with Gasteiger partial charge in [-0.1, -0.05) is 12.1 Å². The van der Waals surface area contributed by atoms with Crippen molar-refractivity contribution in [2.75, 3.05) is 27.2 Å². The van der Waals surface area contributed by atoms with Crippen molar-refractivity contribution in [3.8, 4) is 0 Å². The molecule has 4 amide bonds. The summed E-state index contributed by atoms with van der Waals surface area (Å²) in [5.41, 5.74) is 0.533. The molecule has 1 saturated heterocycles. The van der Waals surface area contributed by atoms with Crippen molar-refractivity contribution in [2.24, 2.45) is 0 Å². The van der Waals surface area contributed by atoms with Crippen molar-refractivity contribution in [3.63, 3.8) is 0 Å². The number of nitrogens with one attached hydrogen (secondary N) is 2. The van der Waals surface area contributed by atoms with Crippen LogP contribution < -0.4 is 10.6 Å². The van der Waals surface area contributed by atoms with Crippen LogP contribution in [0.15, 0.2) is 24.3 Å². The van der Waals surface area contributed by atoms with E-state index in [2.05, 4.69) is 10.6 Å². The molecule has 0 bridgehead atoms. The molecule has 1 fully saturated rings. The topological polar surface area (TPSA) is 81.8 Å². The van der Waals surface area contributed by atoms with E-state index in [-0.39, 0.29) is 25.3 Å². The molecule has 1 heterocycles. The van der Waals surface area contributed by atoms with E-state index in [4.69, 9.17) is 0 Å². The van der Waals surface area contributed by atoms with Gasteiger partial charge in [-0.2, -0.15) is 0 Å². The van der Waals surface area contributed by atoms with Crippen molar-refractivity contribution in [1.82, 2.24) is 20.4 Å². The van der Waals surface area contributed by atoms with E-state index in [0.29, 0.717) is 12.1 Å². The van der Waals surface area contributed by atoms with Crippen LogP contribution >= 0.6 is 0 Å². The van der Waals surface area contributed by atoms with Gasteiger partial charge in [0, 0.05) is 19.5 Å². The second kappa shape index (κ2) is 8.57. The average Bonchev–Trinajstić information content (AvgIpc) is 2.80. The third-order valence-electron chi connectivity index (χ3n) is 3.88. The van der Waals surface area contributed by atoms with Gasteiger partial charge in [0.05, 0.1) is 6.54 Å². The van der Waals surface area contributed by atoms with E-state index in [1.54, 1.807) is 6.07 Å². The molecule has 1 aromatic carbocycles. The summed E-state index contributed by atoms with van der Waals surface area (Å²) in [6.07, 6.45) is 0.385. The first kappa shape index (κ1) is 18.9. The van der Waals surface area contributed by atoms with Crippen LogP contribution in [0.25, 0.3) is 0 Å². The van der Waals surface area contributed by atoms with Crippen LogP contribution in [0.2, 0.25) is 0 Å². The highest BCUT2D eigenvalue weighted by molar-refractivity contribution is 6.04. The van der Waals surface area contributed by atoms with Crippen LogP contribution in [0.4, 0.5) is 9.18 Å². The number of nitrogens with zero attached hydrogens (tertiary/aromatic N) is 2. The van der Waals surface area contributed by atoms with E-state index >= 15 is 0 Å². The maximum absolute atomic E-state index is 13.2. The standard InChI is InChI=1S/C17H23FN4O3/c1-21(2)9-8-19-15(23)7-6-14-16(24)22(17(25)20-14)11-12-4-3-5-13(18)10-12/h3-5,10,14H,6-9,11H2,1-2H3,(H,19,23)(H,20,25). The van der Waals surface area contributed by atoms with E-state index in [1.807, 2.05) is 19.0 Å². The van der Waals surface area contributed by atoms with E-state index in [0.717, 1.165) is 11.4 Å². The number of rotatable bonds is 8. The lowest BCUT2D eigenvalue weighted by molar-refractivity contribution is -0.128. The summed E-state index contributed by atoms with van der Waals surface area (Å²) in [7, 11) is 3.82. The van der Waals surface area contributed by atoms with Crippen molar-refractivity contribution < 1.29 is 18.8 Å². The smallest absolute Gasteiger partial charge is 0.325 e. The molecule has 0 radical (unpaired) electrons. The lowest BCUT2D eigenvalue weighted by Gasteiger charge is -2.13. The molecule has 1 aliphatic heterocycles. The molecule has 25 heavy (non-hydrogen) atoms. The van der Waals surface area contributed by atoms with Crippen LogP contribution in [0.3, 0.4) is 0 Å². The molecule has 8 heteroatoms. The molecule has 136 valence electrons. The van der Waals surface area contributed by atoms with Gasteiger partial charge in [0.25, 0.3) is 5.91 Å². The lowest BCUT2D eigenvalue weighted by Crippen LogP contribution is -2.34. The first-order chi connectivity index (χ1) is 11.9. The molecule has 0 saturated carbocycles. The van der Waals surface area contributed by atoms with E-state index in [9.17, 15) is 18.8 Å². The Morgan fingerprint density at radius 3 is 2.80 bits per heavy atom. The van der Waals surface area contributed by atoms with Crippen LogP contribution in [-0.4, -0.2) is 60.9 Å². The number of urea groups is 1. The fourth-order valence-electron chi connectivity index (χ4n) is 2.52. The molecule has 0 spiro atoms. The zero-order valence-electron chi connectivity index (χ0n) is 14.4. The number of benzene rings is 1. The Balaban J connectivity index is 1.83. The number of halogens is 1. The lowest BCUT2D eigenvalue weighted by atomic mass is 10.1. The zero-order valence-corrected chi connectivity index (χ0v) is 14.4. The summed E-state index contributed by atoms with van der Waals surface area (Å²) >= 11 is 0. The number of carbonyl (C=O) groups is 3. The van der Waals surface area contributed by atoms with Crippen LogP contribution in [0, 0.1) is 5.82 Å². The molecule has 2 N–H and O–H groups in total. The van der Waals surface area contributed by atoms with Crippen molar-refractivity contribution in [2.45, 2.75) is 25.4 Å². The first-order valence-electron chi connectivity index (χ1n) is 8.14. The minimum absolute atomic E-state index is 0.00789. The Labute approximate surface area is 146 Å². The van der Waals surface area contributed by atoms with Gasteiger partial charge in [0.1, 0.15) is 11.9 Å². The van der Waals surface area contributed by atoms with Crippen LogP contribution in [-0.2, 0) is 16.1 Å². The maximum atomic E-state index is 13.2. The SMILES string of the molecule is CN(C)CCNC(=O)CCC1NC(=O)N(Cc2cccc(F)c2)C1=O. The van der Waals surface area contributed by atoms with E-state index in [1.165, 1.54) is 18.2 Å². The molecule has 0 aromatic heterocycles. The summed E-state index contributed by atoms with van der Waals surface area (Å²) in [6, 6.07) is 4.51. The maximum Gasteiger partial charge on any atom is 0.325 e. The predicted octanol–water partition coefficient (Wildman–Crippen LogP) is 0.704. The van der Waals surface area contributed by atoms with Crippen molar-refractivity contribution >= 4 is 17.8 Å². The second-order valence-electron chi connectivity index (χ2n) is 6.25. The highest BCUT2D eigenvalue weighted by atomic mass is 19.1. The molecule has 7 nitrogen and oxygen atoms in total. The number of hydrogen-bond donors (Lipinski definition) is 2. The van der Waals surface area contributed by atoms with Crippen molar-refractivity contribution in [3.05, 3.63) is 35.6 Å². The monoisotopic (exact) mass is 350 g/mol. The Morgan fingerprint density at radius 2 is 2.12 bits per heavy atom. The molecule has 1 aromatic rings. The molecular formula is C17H23FN4O3. The van der Waals surface area contributed by atoms with Crippen molar-refractivity contribution in [1.29, 1.82) is 0 Å². The van der Waals surface area contributed by atoms with Crippen LogP contribution in [0.1, 0.15) is 18.4 Å². The normalized spacial score (nSPS) is 17.1. The molecule has 1 unspecified atom stereocenters. The number of imide groups is 1. The van der Waals surface area contributed by atoms with Gasteiger partial charge in [0.15, 0.2) is 0 Å². The Hall–Kier alpha value is -2.48. The van der Waals surface area contributed by atoms with Gasteiger partial charge in [-0.25, -0.2) is 9.18 Å². The number of amides is 4. The van der Waals surface area contributed by atoms with Gasteiger partial charge in [-0.3, -0.25) is 14.5 Å². The predicted molar refractivity (Wildman–Crippen MR) is 90.1 cm³/mol. The quantitative estimate of drug-likeness (QED) is 0.677. The van der Waals surface area contributed by atoms with Gasteiger partial charge in [-0.05, 0) is 38.2 Å². The number of likely N-dealkylation sites (N-methyl/N-ethyl adjacent to an activating group) is 1. The van der Waals surface area contributed by atoms with Gasteiger partial charge in [0.2, 0.25) is 5.91 Å². The van der Waals surface area contributed by atoms with Gasteiger partial charge >= 0.3 is 6.03 Å². The third kappa shape index (κ3) is 5.53. The Bertz CT molecular complexity index is 651. The molecule has 1 aliphatic rings. The number of hydrogen-bond acceptors (Lipinski definition) is 4. The van der Waals surface area contributed by atoms with Crippen LogP contribution in [0.5, 0.6) is 0 Å². The van der Waals surface area contributed by atoms with Gasteiger partial charge in [-0.15, -0.1) is 0 Å². The first-order valence-corrected chi connectivity index (χ1v) is 8.14. The Morgan fingerprint density at radius 1 is 1.36 bits per heavy atom. The summed E-state index contributed by atoms with van der Waals surface area (Å²) in [5.74, 6) is -0.974.